The third kappa shape index (κ3) is 4.56. The monoisotopic (exact) mass is 417 g/mol. The Bertz CT molecular complexity index is 1020. The second-order valence-corrected chi connectivity index (χ2v) is 7.11. The zero-order valence-corrected chi connectivity index (χ0v) is 15.7. The lowest BCUT2D eigenvalue weighted by Gasteiger charge is -2.12. The molecule has 28 heavy (non-hydrogen) atoms. The number of nitrogens with zero attached hydrogens (tertiary/aromatic N) is 2. The Balaban J connectivity index is 1.72. The fourth-order valence-corrected chi connectivity index (χ4v) is 3.45. The van der Waals surface area contributed by atoms with Crippen LogP contribution >= 0.6 is 23.4 Å². The second kappa shape index (κ2) is 8.24. The Morgan fingerprint density at radius 3 is 2.68 bits per heavy atom. The Morgan fingerprint density at radius 2 is 1.96 bits per heavy atom. The SMILES string of the molecule is O=C(CN1C(=O)S/C(=C/c2cccc([N+](=O)[O-])c2)C1=O)Nc1cccc(Cl)c1. The van der Waals surface area contributed by atoms with Crippen molar-refractivity contribution in [3.8, 4) is 0 Å². The summed E-state index contributed by atoms with van der Waals surface area (Å²) < 4.78 is 0. The molecule has 1 aliphatic heterocycles. The number of amides is 3. The first-order valence-corrected chi connectivity index (χ1v) is 9.08. The normalized spacial score (nSPS) is 15.2. The highest BCUT2D eigenvalue weighted by Gasteiger charge is 2.36. The fourth-order valence-electron chi connectivity index (χ4n) is 2.43. The third-order valence-electron chi connectivity index (χ3n) is 3.66. The molecule has 0 radical (unpaired) electrons. The van der Waals surface area contributed by atoms with Gasteiger partial charge in [-0.2, -0.15) is 0 Å². The first kappa shape index (κ1) is 19.6. The van der Waals surface area contributed by atoms with Crippen LogP contribution in [0.3, 0.4) is 0 Å². The summed E-state index contributed by atoms with van der Waals surface area (Å²) in [6.07, 6.45) is 1.38. The molecule has 0 aliphatic carbocycles. The average molecular weight is 418 g/mol. The van der Waals surface area contributed by atoms with Crippen LogP contribution in [0.4, 0.5) is 16.2 Å². The molecule has 2 aromatic carbocycles. The molecule has 0 bridgehead atoms. The van der Waals surface area contributed by atoms with E-state index in [4.69, 9.17) is 11.6 Å². The molecular formula is C18H12ClN3O5S. The number of imide groups is 1. The van der Waals surface area contributed by atoms with Crippen molar-refractivity contribution in [3.05, 3.63) is 74.1 Å². The predicted octanol–water partition coefficient (Wildman–Crippen LogP) is 3.92. The first-order chi connectivity index (χ1) is 13.3. The number of carbonyl (C=O) groups excluding carboxylic acids is 3. The molecule has 3 amide bonds. The number of benzene rings is 2. The van der Waals surface area contributed by atoms with E-state index in [0.717, 1.165) is 4.90 Å². The number of hydrogen-bond acceptors (Lipinski definition) is 6. The maximum atomic E-state index is 12.5. The van der Waals surface area contributed by atoms with Gasteiger partial charge in [0.2, 0.25) is 5.91 Å². The van der Waals surface area contributed by atoms with Crippen LogP contribution in [0.15, 0.2) is 53.4 Å². The number of hydrogen-bond donors (Lipinski definition) is 1. The van der Waals surface area contributed by atoms with E-state index in [0.29, 0.717) is 28.0 Å². The highest BCUT2D eigenvalue weighted by molar-refractivity contribution is 8.18. The van der Waals surface area contributed by atoms with E-state index in [-0.39, 0.29) is 10.6 Å². The van der Waals surface area contributed by atoms with Gasteiger partial charge >= 0.3 is 0 Å². The minimum absolute atomic E-state index is 0.0843. The van der Waals surface area contributed by atoms with Gasteiger partial charge in [-0.05, 0) is 41.6 Å². The fraction of sp³-hybridized carbons (Fsp3) is 0.0556. The maximum Gasteiger partial charge on any atom is 0.294 e. The van der Waals surface area contributed by atoms with E-state index < -0.39 is 28.5 Å². The summed E-state index contributed by atoms with van der Waals surface area (Å²) in [4.78, 5) is 47.9. The molecule has 8 nitrogen and oxygen atoms in total. The van der Waals surface area contributed by atoms with Crippen molar-refractivity contribution in [1.82, 2.24) is 4.90 Å². The van der Waals surface area contributed by atoms with Crippen LogP contribution in [0.25, 0.3) is 6.08 Å². The Labute approximate surface area is 168 Å². The van der Waals surface area contributed by atoms with Crippen molar-refractivity contribution in [3.63, 3.8) is 0 Å². The summed E-state index contributed by atoms with van der Waals surface area (Å²) in [6, 6.07) is 12.1. The largest absolute Gasteiger partial charge is 0.324 e. The quantitative estimate of drug-likeness (QED) is 0.448. The van der Waals surface area contributed by atoms with Crippen LogP contribution in [-0.4, -0.2) is 33.4 Å². The lowest BCUT2D eigenvalue weighted by Crippen LogP contribution is -2.36. The number of halogens is 1. The van der Waals surface area contributed by atoms with Gasteiger partial charge < -0.3 is 5.32 Å². The van der Waals surface area contributed by atoms with Crippen molar-refractivity contribution < 1.29 is 19.3 Å². The molecule has 142 valence electrons. The van der Waals surface area contributed by atoms with E-state index in [9.17, 15) is 24.5 Å². The average Bonchev–Trinajstić information content (AvgIpc) is 2.89. The smallest absolute Gasteiger partial charge is 0.294 e. The molecule has 1 fully saturated rings. The molecule has 10 heteroatoms. The molecule has 0 atom stereocenters. The zero-order valence-electron chi connectivity index (χ0n) is 14.1. The van der Waals surface area contributed by atoms with Gasteiger partial charge in [0.1, 0.15) is 6.54 Å². The number of nitrogens with one attached hydrogen (secondary N) is 1. The first-order valence-electron chi connectivity index (χ1n) is 7.89. The van der Waals surface area contributed by atoms with Crippen LogP contribution in [0.5, 0.6) is 0 Å². The van der Waals surface area contributed by atoms with E-state index in [1.54, 1.807) is 24.3 Å². The number of anilines is 1. The van der Waals surface area contributed by atoms with Gasteiger partial charge in [0, 0.05) is 22.8 Å². The Hall–Kier alpha value is -3.17. The summed E-state index contributed by atoms with van der Waals surface area (Å²) in [5.74, 6) is -1.19. The minimum atomic E-state index is -0.636. The van der Waals surface area contributed by atoms with Crippen LogP contribution in [0.2, 0.25) is 5.02 Å². The maximum absolute atomic E-state index is 12.5. The molecular weight excluding hydrogens is 406 g/mol. The lowest BCUT2D eigenvalue weighted by molar-refractivity contribution is -0.384. The van der Waals surface area contributed by atoms with E-state index >= 15 is 0 Å². The summed E-state index contributed by atoms with van der Waals surface area (Å²) in [6.45, 7) is -0.455. The zero-order chi connectivity index (χ0) is 20.3. The van der Waals surface area contributed by atoms with Crippen LogP contribution in [0.1, 0.15) is 5.56 Å². The number of carbonyl (C=O) groups is 3. The topological polar surface area (TPSA) is 110 Å². The number of thioether (sulfide) groups is 1. The number of non-ortho nitro benzene ring substituents is 1. The van der Waals surface area contributed by atoms with Crippen molar-refractivity contribution in [1.29, 1.82) is 0 Å². The molecule has 3 rings (SSSR count). The summed E-state index contributed by atoms with van der Waals surface area (Å²) >= 11 is 6.52. The van der Waals surface area contributed by atoms with Gasteiger partial charge in [-0.25, -0.2) is 0 Å². The minimum Gasteiger partial charge on any atom is -0.324 e. The van der Waals surface area contributed by atoms with Gasteiger partial charge in [-0.15, -0.1) is 0 Å². The molecule has 1 heterocycles. The van der Waals surface area contributed by atoms with Gasteiger partial charge in [-0.1, -0.05) is 29.8 Å². The van der Waals surface area contributed by atoms with Gasteiger partial charge in [0.05, 0.1) is 9.83 Å². The molecule has 1 aliphatic rings. The molecule has 0 aromatic heterocycles. The second-order valence-electron chi connectivity index (χ2n) is 5.68. The van der Waals surface area contributed by atoms with Crippen LogP contribution in [-0.2, 0) is 9.59 Å². The van der Waals surface area contributed by atoms with Gasteiger partial charge in [0.25, 0.3) is 16.8 Å². The molecule has 0 spiro atoms. The van der Waals surface area contributed by atoms with Crippen LogP contribution < -0.4 is 5.32 Å². The van der Waals surface area contributed by atoms with Gasteiger partial charge in [0.15, 0.2) is 0 Å². The standard InChI is InChI=1S/C18H12ClN3O5S/c19-12-4-2-5-13(9-12)20-16(23)10-21-17(24)15(28-18(21)25)8-11-3-1-6-14(7-11)22(26)27/h1-9H,10H2,(H,20,23)/b15-8+. The highest BCUT2D eigenvalue weighted by atomic mass is 35.5. The van der Waals surface area contributed by atoms with Crippen molar-refractivity contribution >= 4 is 57.9 Å². The molecule has 2 aromatic rings. The lowest BCUT2D eigenvalue weighted by atomic mass is 10.2. The van der Waals surface area contributed by atoms with Crippen molar-refractivity contribution in [2.24, 2.45) is 0 Å². The van der Waals surface area contributed by atoms with E-state index in [2.05, 4.69) is 5.32 Å². The van der Waals surface area contributed by atoms with Gasteiger partial charge in [-0.3, -0.25) is 29.4 Å². The van der Waals surface area contributed by atoms with Crippen molar-refractivity contribution in [2.75, 3.05) is 11.9 Å². The number of rotatable bonds is 5. The van der Waals surface area contributed by atoms with Crippen LogP contribution in [0, 0.1) is 10.1 Å². The summed E-state index contributed by atoms with van der Waals surface area (Å²) in [5, 5.41) is 13.3. The number of nitro benzene ring substituents is 1. The highest BCUT2D eigenvalue weighted by Crippen LogP contribution is 2.32. The molecule has 1 N–H and O–H groups in total. The predicted molar refractivity (Wildman–Crippen MR) is 106 cm³/mol. The van der Waals surface area contributed by atoms with E-state index in [1.807, 2.05) is 0 Å². The summed E-state index contributed by atoms with van der Waals surface area (Å²) in [7, 11) is 0. The molecule has 0 unspecified atom stereocenters. The Kier molecular flexibility index (Phi) is 5.76. The Morgan fingerprint density at radius 1 is 1.21 bits per heavy atom. The third-order valence-corrected chi connectivity index (χ3v) is 4.80. The number of nitro groups is 1. The molecule has 0 saturated carbocycles. The van der Waals surface area contributed by atoms with Crippen molar-refractivity contribution in [2.45, 2.75) is 0 Å². The summed E-state index contributed by atoms with van der Waals surface area (Å²) in [5.41, 5.74) is 0.716. The van der Waals surface area contributed by atoms with E-state index in [1.165, 1.54) is 30.3 Å². The molecule has 1 saturated heterocycles.